The van der Waals surface area contributed by atoms with Crippen molar-refractivity contribution < 1.29 is 5.11 Å². The molecular formula is C10H12N2OS. The largest absolute Gasteiger partial charge is 0.505 e. The number of thiazole rings is 1. The Labute approximate surface area is 86.2 Å². The Bertz CT molecular complexity index is 472. The average Bonchev–Trinajstić information content (AvgIpc) is 2.54. The van der Waals surface area contributed by atoms with Crippen LogP contribution in [0.3, 0.4) is 0 Å². The molecule has 3 nitrogen and oxygen atoms in total. The number of aromatic hydroxyl groups is 1. The van der Waals surface area contributed by atoms with E-state index in [-0.39, 0.29) is 5.75 Å². The van der Waals surface area contributed by atoms with Gasteiger partial charge in [-0.2, -0.15) is 0 Å². The first-order valence-corrected chi connectivity index (χ1v) is 5.18. The van der Waals surface area contributed by atoms with Crippen molar-refractivity contribution in [3.05, 3.63) is 16.7 Å². The van der Waals surface area contributed by atoms with Gasteiger partial charge in [0.1, 0.15) is 11.3 Å². The number of phenols is 1. The molecule has 0 radical (unpaired) electrons. The molecule has 14 heavy (non-hydrogen) atoms. The Morgan fingerprint density at radius 2 is 1.79 bits per heavy atom. The van der Waals surface area contributed by atoms with Gasteiger partial charge in [0, 0.05) is 0 Å². The summed E-state index contributed by atoms with van der Waals surface area (Å²) < 4.78 is 0.989. The molecule has 0 saturated carbocycles. The molecule has 0 fully saturated rings. The van der Waals surface area contributed by atoms with Crippen molar-refractivity contribution in [1.82, 2.24) is 4.98 Å². The van der Waals surface area contributed by atoms with Crippen LogP contribution in [0.4, 0.5) is 5.13 Å². The SMILES string of the molecule is Cc1c(C)c(C)c2sc(N)nc2c1O. The number of hydrogen-bond acceptors (Lipinski definition) is 4. The summed E-state index contributed by atoms with van der Waals surface area (Å²) >= 11 is 1.42. The smallest absolute Gasteiger partial charge is 0.181 e. The number of rotatable bonds is 0. The van der Waals surface area contributed by atoms with E-state index >= 15 is 0 Å². The van der Waals surface area contributed by atoms with Crippen LogP contribution in [-0.2, 0) is 0 Å². The van der Waals surface area contributed by atoms with Crippen LogP contribution in [0.2, 0.25) is 0 Å². The highest BCUT2D eigenvalue weighted by atomic mass is 32.1. The zero-order valence-electron chi connectivity index (χ0n) is 8.38. The normalized spacial score (nSPS) is 11.1. The number of fused-ring (bicyclic) bond motifs is 1. The molecule has 0 aliphatic carbocycles. The fourth-order valence-corrected chi connectivity index (χ4v) is 2.45. The van der Waals surface area contributed by atoms with Gasteiger partial charge in [0.05, 0.1) is 4.70 Å². The lowest BCUT2D eigenvalue weighted by Gasteiger charge is -2.07. The minimum absolute atomic E-state index is 0.260. The van der Waals surface area contributed by atoms with Gasteiger partial charge >= 0.3 is 0 Å². The van der Waals surface area contributed by atoms with Gasteiger partial charge in [-0.3, -0.25) is 0 Å². The number of nitrogens with zero attached hydrogens (tertiary/aromatic N) is 1. The summed E-state index contributed by atoms with van der Waals surface area (Å²) in [5, 5.41) is 10.4. The quantitative estimate of drug-likeness (QED) is 0.699. The first-order valence-electron chi connectivity index (χ1n) is 4.37. The van der Waals surface area contributed by atoms with E-state index in [1.807, 2.05) is 20.8 Å². The minimum Gasteiger partial charge on any atom is -0.505 e. The maximum Gasteiger partial charge on any atom is 0.181 e. The molecule has 0 bridgehead atoms. The van der Waals surface area contributed by atoms with Crippen molar-refractivity contribution in [3.8, 4) is 5.75 Å². The Hall–Kier alpha value is -1.29. The third-order valence-electron chi connectivity index (χ3n) is 2.69. The van der Waals surface area contributed by atoms with Gasteiger partial charge in [-0.15, -0.1) is 0 Å². The van der Waals surface area contributed by atoms with E-state index in [0.717, 1.165) is 21.4 Å². The molecule has 3 N–H and O–H groups in total. The summed E-state index contributed by atoms with van der Waals surface area (Å²) in [7, 11) is 0. The number of aromatic nitrogens is 1. The summed E-state index contributed by atoms with van der Waals surface area (Å²) in [4.78, 5) is 4.12. The second kappa shape index (κ2) is 2.85. The minimum atomic E-state index is 0.260. The molecule has 1 aromatic heterocycles. The van der Waals surface area contributed by atoms with Crippen LogP contribution in [0, 0.1) is 20.8 Å². The topological polar surface area (TPSA) is 59.1 Å². The van der Waals surface area contributed by atoms with Crippen LogP contribution in [0.15, 0.2) is 0 Å². The van der Waals surface area contributed by atoms with Gasteiger partial charge in [-0.05, 0) is 37.5 Å². The van der Waals surface area contributed by atoms with E-state index in [4.69, 9.17) is 5.73 Å². The predicted molar refractivity (Wildman–Crippen MR) is 59.9 cm³/mol. The molecule has 2 rings (SSSR count). The molecule has 0 aliphatic rings. The van der Waals surface area contributed by atoms with Crippen LogP contribution in [0.25, 0.3) is 10.2 Å². The van der Waals surface area contributed by atoms with E-state index in [9.17, 15) is 5.11 Å². The number of hydrogen-bond donors (Lipinski definition) is 2. The Morgan fingerprint density at radius 3 is 2.43 bits per heavy atom. The fourth-order valence-electron chi connectivity index (χ4n) is 1.56. The number of benzene rings is 1. The third-order valence-corrected chi connectivity index (χ3v) is 3.69. The molecule has 2 aromatic rings. The van der Waals surface area contributed by atoms with Gasteiger partial charge in [-0.1, -0.05) is 11.3 Å². The zero-order chi connectivity index (χ0) is 10.5. The maximum atomic E-state index is 9.87. The summed E-state index contributed by atoms with van der Waals surface area (Å²) in [6.45, 7) is 5.92. The highest BCUT2D eigenvalue weighted by Crippen LogP contribution is 2.37. The number of phenolic OH excluding ortho intramolecular Hbond substituents is 1. The van der Waals surface area contributed by atoms with Crippen LogP contribution in [0.1, 0.15) is 16.7 Å². The second-order valence-electron chi connectivity index (χ2n) is 3.45. The number of nitrogen functional groups attached to an aromatic ring is 1. The average molecular weight is 208 g/mol. The Balaban J connectivity index is 3.01. The molecule has 4 heteroatoms. The van der Waals surface area contributed by atoms with Crippen molar-refractivity contribution in [2.75, 3.05) is 5.73 Å². The molecule has 0 aliphatic heterocycles. The summed E-state index contributed by atoms with van der Waals surface area (Å²) in [5.41, 5.74) is 9.41. The predicted octanol–water partition coefficient (Wildman–Crippen LogP) is 2.51. The van der Waals surface area contributed by atoms with Gasteiger partial charge in [-0.25, -0.2) is 4.98 Å². The molecular weight excluding hydrogens is 196 g/mol. The van der Waals surface area contributed by atoms with Crippen LogP contribution < -0.4 is 5.73 Å². The molecule has 0 spiro atoms. The molecule has 0 unspecified atom stereocenters. The Morgan fingerprint density at radius 1 is 1.14 bits per heavy atom. The first kappa shape index (κ1) is 9.27. The third kappa shape index (κ3) is 1.07. The fraction of sp³-hybridized carbons (Fsp3) is 0.300. The second-order valence-corrected chi connectivity index (χ2v) is 4.48. The van der Waals surface area contributed by atoms with E-state index in [1.54, 1.807) is 0 Å². The van der Waals surface area contributed by atoms with Gasteiger partial charge in [0.25, 0.3) is 0 Å². The number of aryl methyl sites for hydroxylation is 1. The highest BCUT2D eigenvalue weighted by Gasteiger charge is 2.14. The summed E-state index contributed by atoms with van der Waals surface area (Å²) in [6.07, 6.45) is 0. The lowest BCUT2D eigenvalue weighted by Crippen LogP contribution is -1.88. The van der Waals surface area contributed by atoms with Gasteiger partial charge in [0.2, 0.25) is 0 Å². The number of nitrogens with two attached hydrogens (primary N) is 1. The molecule has 0 amide bonds. The maximum absolute atomic E-state index is 9.87. The van der Waals surface area contributed by atoms with E-state index in [0.29, 0.717) is 10.6 Å². The number of anilines is 1. The van der Waals surface area contributed by atoms with E-state index < -0.39 is 0 Å². The van der Waals surface area contributed by atoms with Crippen molar-refractivity contribution in [2.24, 2.45) is 0 Å². The van der Waals surface area contributed by atoms with Crippen LogP contribution >= 0.6 is 11.3 Å². The summed E-state index contributed by atoms with van der Waals surface area (Å²) in [6, 6.07) is 0. The van der Waals surface area contributed by atoms with Crippen molar-refractivity contribution in [3.63, 3.8) is 0 Å². The highest BCUT2D eigenvalue weighted by molar-refractivity contribution is 7.22. The Kier molecular flexibility index (Phi) is 1.89. The molecule has 74 valence electrons. The van der Waals surface area contributed by atoms with Crippen LogP contribution in [-0.4, -0.2) is 10.1 Å². The lowest BCUT2D eigenvalue weighted by molar-refractivity contribution is 0.476. The molecule has 0 atom stereocenters. The van der Waals surface area contributed by atoms with Gasteiger partial charge < -0.3 is 10.8 Å². The monoisotopic (exact) mass is 208 g/mol. The zero-order valence-corrected chi connectivity index (χ0v) is 9.20. The molecule has 1 aromatic carbocycles. The molecule has 0 saturated heterocycles. The van der Waals surface area contributed by atoms with Gasteiger partial charge in [0.15, 0.2) is 5.13 Å². The van der Waals surface area contributed by atoms with E-state index in [2.05, 4.69) is 4.98 Å². The van der Waals surface area contributed by atoms with Crippen molar-refractivity contribution in [1.29, 1.82) is 0 Å². The van der Waals surface area contributed by atoms with E-state index in [1.165, 1.54) is 11.3 Å². The van der Waals surface area contributed by atoms with Crippen LogP contribution in [0.5, 0.6) is 5.75 Å². The van der Waals surface area contributed by atoms with Crippen molar-refractivity contribution in [2.45, 2.75) is 20.8 Å². The standard InChI is InChI=1S/C10H12N2OS/c1-4-5(2)8(13)7-9(6(4)3)14-10(11)12-7/h13H,1-3H3,(H2,11,12). The molecule has 1 heterocycles. The van der Waals surface area contributed by atoms with Crippen molar-refractivity contribution >= 4 is 26.7 Å². The first-order chi connectivity index (χ1) is 6.52. The summed E-state index contributed by atoms with van der Waals surface area (Å²) in [5.74, 6) is 0.260. The lowest BCUT2D eigenvalue weighted by atomic mass is 10.0.